The van der Waals surface area contributed by atoms with Crippen molar-refractivity contribution in [2.24, 2.45) is 0 Å². The van der Waals surface area contributed by atoms with Gasteiger partial charge in [0.05, 0.1) is 20.8 Å². The van der Waals surface area contributed by atoms with Crippen LogP contribution < -0.4 is 9.47 Å². The normalized spacial score (nSPS) is 10.2. The molecule has 0 saturated carbocycles. The first kappa shape index (κ1) is 12.5. The van der Waals surface area contributed by atoms with Crippen molar-refractivity contribution in [3.63, 3.8) is 0 Å². The number of aliphatic hydroxyl groups is 1. The molecule has 0 aliphatic carbocycles. The molecule has 3 nitrogen and oxygen atoms in total. The molecule has 18 heavy (non-hydrogen) atoms. The third-order valence-corrected chi connectivity index (χ3v) is 2.82. The Morgan fingerprint density at radius 1 is 1.00 bits per heavy atom. The van der Waals surface area contributed by atoms with Gasteiger partial charge in [-0.3, -0.25) is 0 Å². The molecule has 2 rings (SSSR count). The van der Waals surface area contributed by atoms with Crippen LogP contribution in [0.1, 0.15) is 5.56 Å². The summed E-state index contributed by atoms with van der Waals surface area (Å²) in [4.78, 5) is 0. The topological polar surface area (TPSA) is 38.7 Å². The molecule has 1 N–H and O–H groups in total. The van der Waals surface area contributed by atoms with Crippen LogP contribution in [0.5, 0.6) is 11.5 Å². The maximum Gasteiger partial charge on any atom is 0.168 e. The maximum absolute atomic E-state index is 9.18. The van der Waals surface area contributed by atoms with E-state index in [1.165, 1.54) is 0 Å². The van der Waals surface area contributed by atoms with Crippen molar-refractivity contribution in [3.05, 3.63) is 48.0 Å². The van der Waals surface area contributed by atoms with Crippen molar-refractivity contribution in [1.82, 2.24) is 0 Å². The molecule has 0 bridgehead atoms. The lowest BCUT2D eigenvalue weighted by Crippen LogP contribution is -1.93. The van der Waals surface area contributed by atoms with Crippen LogP contribution >= 0.6 is 0 Å². The number of hydrogen-bond acceptors (Lipinski definition) is 3. The Morgan fingerprint density at radius 2 is 1.78 bits per heavy atom. The summed E-state index contributed by atoms with van der Waals surface area (Å²) < 4.78 is 10.7. The average molecular weight is 244 g/mol. The van der Waals surface area contributed by atoms with E-state index in [2.05, 4.69) is 0 Å². The predicted octanol–water partition coefficient (Wildman–Crippen LogP) is 2.86. The van der Waals surface area contributed by atoms with Crippen LogP contribution in [0.15, 0.2) is 42.5 Å². The molecule has 2 aromatic rings. The second-order valence-electron chi connectivity index (χ2n) is 3.90. The Labute approximate surface area is 107 Å². The van der Waals surface area contributed by atoms with Crippen LogP contribution in [0.3, 0.4) is 0 Å². The molecule has 0 radical (unpaired) electrons. The van der Waals surface area contributed by atoms with Gasteiger partial charge in [-0.1, -0.05) is 30.3 Å². The van der Waals surface area contributed by atoms with Gasteiger partial charge in [0.15, 0.2) is 11.5 Å². The summed E-state index contributed by atoms with van der Waals surface area (Å²) >= 11 is 0. The molecule has 0 aliphatic heterocycles. The molecule has 2 aromatic carbocycles. The molecule has 0 heterocycles. The van der Waals surface area contributed by atoms with Crippen molar-refractivity contribution in [1.29, 1.82) is 0 Å². The zero-order valence-corrected chi connectivity index (χ0v) is 10.5. The van der Waals surface area contributed by atoms with Crippen molar-refractivity contribution in [2.45, 2.75) is 6.61 Å². The minimum absolute atomic E-state index is 0.0279. The number of rotatable bonds is 4. The number of para-hydroxylation sites is 1. The predicted molar refractivity (Wildman–Crippen MR) is 70.9 cm³/mol. The standard InChI is InChI=1S/C15H16O3/c1-17-14-8-4-7-13(15(14)18-2)12-6-3-5-11(9-12)10-16/h3-9,16H,10H2,1-2H3. The molecule has 0 saturated heterocycles. The van der Waals surface area contributed by atoms with Crippen molar-refractivity contribution >= 4 is 0 Å². The number of methoxy groups -OCH3 is 2. The van der Waals surface area contributed by atoms with Gasteiger partial charge < -0.3 is 14.6 Å². The number of hydrogen-bond donors (Lipinski definition) is 1. The lowest BCUT2D eigenvalue weighted by Gasteiger charge is -2.13. The van der Waals surface area contributed by atoms with E-state index in [0.717, 1.165) is 16.7 Å². The Morgan fingerprint density at radius 3 is 2.44 bits per heavy atom. The van der Waals surface area contributed by atoms with Gasteiger partial charge in [-0.15, -0.1) is 0 Å². The van der Waals surface area contributed by atoms with E-state index in [1.807, 2.05) is 42.5 Å². The van der Waals surface area contributed by atoms with E-state index in [9.17, 15) is 5.11 Å². The molecule has 0 amide bonds. The van der Waals surface area contributed by atoms with Crippen LogP contribution in [-0.4, -0.2) is 19.3 Å². The maximum atomic E-state index is 9.18. The van der Waals surface area contributed by atoms with Crippen LogP contribution in [-0.2, 0) is 6.61 Å². The first-order chi connectivity index (χ1) is 8.80. The molecule has 94 valence electrons. The highest BCUT2D eigenvalue weighted by Crippen LogP contribution is 2.37. The highest BCUT2D eigenvalue weighted by molar-refractivity contribution is 5.74. The molecule has 0 fully saturated rings. The van der Waals surface area contributed by atoms with Crippen LogP contribution in [0.4, 0.5) is 0 Å². The van der Waals surface area contributed by atoms with Gasteiger partial charge in [-0.2, -0.15) is 0 Å². The molecule has 0 unspecified atom stereocenters. The largest absolute Gasteiger partial charge is 0.493 e. The van der Waals surface area contributed by atoms with Gasteiger partial charge in [-0.25, -0.2) is 0 Å². The molecule has 3 heteroatoms. The number of benzene rings is 2. The number of aliphatic hydroxyl groups excluding tert-OH is 1. The first-order valence-electron chi connectivity index (χ1n) is 5.71. The van der Waals surface area contributed by atoms with Crippen LogP contribution in [0, 0.1) is 0 Å². The Bertz CT molecular complexity index is 535. The fraction of sp³-hybridized carbons (Fsp3) is 0.200. The van der Waals surface area contributed by atoms with Gasteiger partial charge >= 0.3 is 0 Å². The summed E-state index contributed by atoms with van der Waals surface area (Å²) in [5, 5.41) is 9.18. The zero-order valence-electron chi connectivity index (χ0n) is 10.5. The summed E-state index contributed by atoms with van der Waals surface area (Å²) in [6, 6.07) is 13.5. The summed E-state index contributed by atoms with van der Waals surface area (Å²) in [5.74, 6) is 1.40. The second kappa shape index (κ2) is 5.56. The minimum atomic E-state index is 0.0279. The smallest absolute Gasteiger partial charge is 0.168 e. The summed E-state index contributed by atoms with van der Waals surface area (Å²) in [7, 11) is 3.24. The zero-order chi connectivity index (χ0) is 13.0. The molecule has 0 spiro atoms. The van der Waals surface area contributed by atoms with Crippen molar-refractivity contribution < 1.29 is 14.6 Å². The van der Waals surface area contributed by atoms with Gasteiger partial charge in [0, 0.05) is 5.56 Å². The van der Waals surface area contributed by atoms with E-state index >= 15 is 0 Å². The SMILES string of the molecule is COc1cccc(-c2cccc(CO)c2)c1OC. The third-order valence-electron chi connectivity index (χ3n) is 2.82. The third kappa shape index (κ3) is 2.31. The van der Waals surface area contributed by atoms with Crippen molar-refractivity contribution in [2.75, 3.05) is 14.2 Å². The van der Waals surface area contributed by atoms with Gasteiger partial charge in [0.1, 0.15) is 0 Å². The van der Waals surface area contributed by atoms with E-state index in [4.69, 9.17) is 9.47 Å². The van der Waals surface area contributed by atoms with Crippen molar-refractivity contribution in [3.8, 4) is 22.6 Å². The summed E-state index contributed by atoms with van der Waals surface area (Å²) in [5.41, 5.74) is 2.82. The Balaban J connectivity index is 2.55. The van der Waals surface area contributed by atoms with Gasteiger partial charge in [0.25, 0.3) is 0 Å². The fourth-order valence-corrected chi connectivity index (χ4v) is 1.95. The highest BCUT2D eigenvalue weighted by Gasteiger charge is 2.11. The molecular formula is C15H16O3. The second-order valence-corrected chi connectivity index (χ2v) is 3.90. The van der Waals surface area contributed by atoms with E-state index in [-0.39, 0.29) is 6.61 Å². The lowest BCUT2D eigenvalue weighted by molar-refractivity contribution is 0.282. The molecule has 0 aromatic heterocycles. The monoisotopic (exact) mass is 244 g/mol. The minimum Gasteiger partial charge on any atom is -0.493 e. The van der Waals surface area contributed by atoms with Crippen LogP contribution in [0.25, 0.3) is 11.1 Å². The first-order valence-corrected chi connectivity index (χ1v) is 5.71. The van der Waals surface area contributed by atoms with E-state index in [1.54, 1.807) is 14.2 Å². The Kier molecular flexibility index (Phi) is 3.85. The molecular weight excluding hydrogens is 228 g/mol. The quantitative estimate of drug-likeness (QED) is 0.898. The van der Waals surface area contributed by atoms with Gasteiger partial charge in [-0.05, 0) is 23.3 Å². The average Bonchev–Trinajstić information content (AvgIpc) is 2.46. The van der Waals surface area contributed by atoms with E-state index < -0.39 is 0 Å². The fourth-order valence-electron chi connectivity index (χ4n) is 1.95. The summed E-state index contributed by atoms with van der Waals surface area (Å²) in [6.45, 7) is 0.0279. The van der Waals surface area contributed by atoms with E-state index in [0.29, 0.717) is 11.5 Å². The summed E-state index contributed by atoms with van der Waals surface area (Å²) in [6.07, 6.45) is 0. The van der Waals surface area contributed by atoms with Crippen LogP contribution in [0.2, 0.25) is 0 Å². The lowest BCUT2D eigenvalue weighted by atomic mass is 10.0. The number of ether oxygens (including phenoxy) is 2. The molecule has 0 atom stereocenters. The Hall–Kier alpha value is -2.00. The highest BCUT2D eigenvalue weighted by atomic mass is 16.5. The molecule has 0 aliphatic rings. The van der Waals surface area contributed by atoms with Gasteiger partial charge in [0.2, 0.25) is 0 Å².